The normalized spacial score (nSPS) is 18.6. The van der Waals surface area contributed by atoms with Crippen LogP contribution in [0, 0.1) is 0 Å². The van der Waals surface area contributed by atoms with E-state index in [9.17, 15) is 39.7 Å². The van der Waals surface area contributed by atoms with Crippen LogP contribution in [-0.4, -0.2) is 46.3 Å². The number of hydrogen-bond donors (Lipinski definition) is 5. The largest absolute Gasteiger partial charge is 0.380 e. The summed E-state index contributed by atoms with van der Waals surface area (Å²) in [5.74, 6) is -1.88. The van der Waals surface area contributed by atoms with E-state index in [1.54, 1.807) is 0 Å². The van der Waals surface area contributed by atoms with E-state index in [2.05, 4.69) is 14.8 Å². The lowest BCUT2D eigenvalue weighted by Crippen LogP contribution is -2.13. The molecule has 168 valence electrons. The van der Waals surface area contributed by atoms with Gasteiger partial charge in [-0.1, -0.05) is 0 Å². The second kappa shape index (κ2) is 7.19. The summed E-state index contributed by atoms with van der Waals surface area (Å²) >= 11 is -2.65. The number of rotatable bonds is 4. The van der Waals surface area contributed by atoms with Crippen molar-refractivity contribution in [3.63, 3.8) is 0 Å². The van der Waals surface area contributed by atoms with Crippen molar-refractivity contribution in [2.45, 2.75) is 9.79 Å². The average molecular weight is 502 g/mol. The van der Waals surface area contributed by atoms with Crippen molar-refractivity contribution in [3.05, 3.63) is 52.9 Å². The molecule has 0 spiro atoms. The van der Waals surface area contributed by atoms with E-state index in [-0.39, 0.29) is 22.7 Å². The number of nitrogens with one attached hydrogen (secondary N) is 2. The second-order valence-corrected chi connectivity index (χ2v) is 9.87. The van der Waals surface area contributed by atoms with Gasteiger partial charge in [-0.3, -0.25) is 23.2 Å². The first-order chi connectivity index (χ1) is 14.8. The third-order valence-electron chi connectivity index (χ3n) is 4.51. The van der Waals surface area contributed by atoms with E-state index in [1.165, 1.54) is 12.1 Å². The molecule has 32 heavy (non-hydrogen) atoms. The highest BCUT2D eigenvalue weighted by Gasteiger charge is 2.38. The molecule has 13 nitrogen and oxygen atoms in total. The number of allylic oxidation sites excluding steroid dienone is 2. The van der Waals surface area contributed by atoms with E-state index < -0.39 is 69.9 Å². The SMILES string of the molecule is O=C1/C(=C2\Nc3c(cc(S(=O)(=O)O)cc3S(=O)(=O)O)C2=O)Nc2ccc(OS(=O)O)cc21. The molecule has 0 radical (unpaired) electrons. The molecule has 1 unspecified atom stereocenters. The number of benzene rings is 2. The quantitative estimate of drug-likeness (QED) is 0.223. The molecule has 0 aromatic heterocycles. The molecule has 5 N–H and O–H groups in total. The van der Waals surface area contributed by atoms with Crippen molar-refractivity contribution in [1.29, 1.82) is 0 Å². The fourth-order valence-corrected chi connectivity index (χ4v) is 4.77. The fourth-order valence-electron chi connectivity index (χ4n) is 3.20. The predicted molar refractivity (Wildman–Crippen MR) is 107 cm³/mol. The molecule has 2 aromatic carbocycles. The van der Waals surface area contributed by atoms with E-state index in [0.717, 1.165) is 6.07 Å². The van der Waals surface area contributed by atoms with Crippen LogP contribution in [0.1, 0.15) is 20.7 Å². The zero-order chi connectivity index (χ0) is 23.6. The molecule has 0 saturated carbocycles. The molecule has 0 saturated heterocycles. The summed E-state index contributed by atoms with van der Waals surface area (Å²) in [4.78, 5) is 23.7. The van der Waals surface area contributed by atoms with E-state index in [1.807, 2.05) is 0 Å². The van der Waals surface area contributed by atoms with Gasteiger partial charge in [0.1, 0.15) is 22.0 Å². The van der Waals surface area contributed by atoms with Crippen molar-refractivity contribution in [1.82, 2.24) is 0 Å². The Labute approximate surface area is 182 Å². The molecule has 0 aliphatic carbocycles. The van der Waals surface area contributed by atoms with Crippen LogP contribution in [0.4, 0.5) is 11.4 Å². The van der Waals surface area contributed by atoms with Gasteiger partial charge in [0, 0.05) is 0 Å². The minimum Gasteiger partial charge on any atom is -0.380 e. The minimum absolute atomic E-state index is 0.0327. The summed E-state index contributed by atoms with van der Waals surface area (Å²) in [5.41, 5.74) is -1.63. The topological polar surface area (TPSA) is 213 Å². The highest BCUT2D eigenvalue weighted by molar-refractivity contribution is 7.86. The van der Waals surface area contributed by atoms with Gasteiger partial charge < -0.3 is 14.8 Å². The zero-order valence-corrected chi connectivity index (χ0v) is 17.7. The van der Waals surface area contributed by atoms with Crippen LogP contribution in [0.25, 0.3) is 0 Å². The van der Waals surface area contributed by atoms with Crippen LogP contribution in [-0.2, 0) is 31.6 Å². The molecule has 2 aliphatic heterocycles. The number of hydrogen-bond acceptors (Lipinski definition) is 10. The Morgan fingerprint density at radius 2 is 1.47 bits per heavy atom. The standard InChI is InChI=1S/C16H10N2O11S3/c19-15-8-3-6(29-30(21)22)1-2-10(8)17-13(15)14-16(20)9-4-7(31(23,24)25)5-11(12(9)18-14)32(26,27)28/h1-5,17-18H,(H,21,22)(H,23,24,25)(H,26,27,28)/b14-13+. The van der Waals surface area contributed by atoms with Crippen LogP contribution in [0.2, 0.25) is 0 Å². The molecule has 16 heteroatoms. The van der Waals surface area contributed by atoms with E-state index >= 15 is 0 Å². The third-order valence-corrected chi connectivity index (χ3v) is 6.56. The summed E-state index contributed by atoms with van der Waals surface area (Å²) in [6.07, 6.45) is 0. The van der Waals surface area contributed by atoms with Gasteiger partial charge in [0.25, 0.3) is 20.2 Å². The van der Waals surface area contributed by atoms with Crippen LogP contribution in [0.5, 0.6) is 5.75 Å². The lowest BCUT2D eigenvalue weighted by molar-refractivity contribution is 0.101. The summed E-state index contributed by atoms with van der Waals surface area (Å²) in [6.45, 7) is 0. The van der Waals surface area contributed by atoms with Gasteiger partial charge in [0.2, 0.25) is 11.6 Å². The van der Waals surface area contributed by atoms with Crippen LogP contribution in [0.3, 0.4) is 0 Å². The van der Waals surface area contributed by atoms with Crippen LogP contribution >= 0.6 is 0 Å². The molecule has 0 fully saturated rings. The maximum absolute atomic E-state index is 12.9. The lowest BCUT2D eigenvalue weighted by Gasteiger charge is -2.08. The van der Waals surface area contributed by atoms with E-state index in [0.29, 0.717) is 12.1 Å². The third kappa shape index (κ3) is 3.68. The first-order valence-electron chi connectivity index (χ1n) is 8.21. The number of ketones is 2. The van der Waals surface area contributed by atoms with Gasteiger partial charge in [-0.05, 0) is 30.3 Å². The lowest BCUT2D eigenvalue weighted by atomic mass is 10.1. The molecular formula is C16H10N2O11S3. The highest BCUT2D eigenvalue weighted by atomic mass is 32.2. The Bertz CT molecular complexity index is 1510. The van der Waals surface area contributed by atoms with Gasteiger partial charge in [-0.15, -0.1) is 0 Å². The highest BCUT2D eigenvalue weighted by Crippen LogP contribution is 2.40. The summed E-state index contributed by atoms with van der Waals surface area (Å²) in [6, 6.07) is 4.88. The fraction of sp³-hybridized carbons (Fsp3) is 0. The molecule has 4 rings (SSSR count). The Kier molecular flexibility index (Phi) is 4.96. The average Bonchev–Trinajstić information content (AvgIpc) is 3.16. The van der Waals surface area contributed by atoms with Crippen molar-refractivity contribution in [2.75, 3.05) is 10.6 Å². The van der Waals surface area contributed by atoms with Gasteiger partial charge in [-0.2, -0.15) is 21.0 Å². The predicted octanol–water partition coefficient (Wildman–Crippen LogP) is 0.824. The van der Waals surface area contributed by atoms with Crippen molar-refractivity contribution >= 4 is 54.5 Å². The van der Waals surface area contributed by atoms with Gasteiger partial charge in [0.05, 0.1) is 27.4 Å². The monoisotopic (exact) mass is 502 g/mol. The molecule has 1 atom stereocenters. The number of anilines is 2. The first-order valence-corrected chi connectivity index (χ1v) is 12.1. The summed E-state index contributed by atoms with van der Waals surface area (Å²) in [5, 5.41) is 5.05. The summed E-state index contributed by atoms with van der Waals surface area (Å²) in [7, 11) is -10.0. The Morgan fingerprint density at radius 1 is 0.844 bits per heavy atom. The van der Waals surface area contributed by atoms with Crippen LogP contribution < -0.4 is 14.8 Å². The van der Waals surface area contributed by atoms with Gasteiger partial charge in [-0.25, -0.2) is 0 Å². The Balaban J connectivity index is 1.85. The van der Waals surface area contributed by atoms with E-state index in [4.69, 9.17) is 4.55 Å². The minimum atomic E-state index is -5.05. The number of Topliss-reactive ketones (excluding diaryl/α,β-unsaturated/α-hetero) is 2. The first kappa shape index (κ1) is 22.1. The number of fused-ring (bicyclic) bond motifs is 2. The zero-order valence-electron chi connectivity index (χ0n) is 15.2. The molecule has 2 aromatic rings. The summed E-state index contributed by atoms with van der Waals surface area (Å²) < 4.78 is 89.4. The number of carbonyl (C=O) groups is 2. The van der Waals surface area contributed by atoms with Crippen molar-refractivity contribution < 1.29 is 48.5 Å². The molecule has 2 aliphatic rings. The van der Waals surface area contributed by atoms with Crippen molar-refractivity contribution in [3.8, 4) is 5.75 Å². The maximum Gasteiger partial charge on any atom is 0.357 e. The maximum atomic E-state index is 12.9. The Morgan fingerprint density at radius 3 is 2.06 bits per heavy atom. The van der Waals surface area contributed by atoms with Gasteiger partial charge >= 0.3 is 11.4 Å². The smallest absolute Gasteiger partial charge is 0.357 e. The Hall–Kier alpha value is -3.15. The molecule has 2 heterocycles. The van der Waals surface area contributed by atoms with Crippen molar-refractivity contribution in [2.24, 2.45) is 0 Å². The van der Waals surface area contributed by atoms with Gasteiger partial charge in [0.15, 0.2) is 0 Å². The molecule has 0 amide bonds. The molecule has 0 bridgehead atoms. The molecular weight excluding hydrogens is 492 g/mol. The van der Waals surface area contributed by atoms with Crippen LogP contribution in [0.15, 0.2) is 51.5 Å². The number of carbonyl (C=O) groups excluding carboxylic acids is 2. The second-order valence-electron chi connectivity index (χ2n) is 6.46.